The average Bonchev–Trinajstić information content (AvgIpc) is 2.53. The standard InChI is InChI=1S/C18H22BrN3/c19-17-7-6-16(18(20)12-17)14-22-10-8-21(9-11-22)13-15-4-2-1-3-5-15/h1-7,12H,8-11,13-14,20H2. The Labute approximate surface area is 140 Å². The molecule has 0 saturated carbocycles. The van der Waals surface area contributed by atoms with Crippen molar-refractivity contribution in [2.45, 2.75) is 13.1 Å². The van der Waals surface area contributed by atoms with Crippen LogP contribution in [0.3, 0.4) is 0 Å². The maximum absolute atomic E-state index is 6.10. The van der Waals surface area contributed by atoms with Crippen molar-refractivity contribution in [3.63, 3.8) is 0 Å². The van der Waals surface area contributed by atoms with E-state index in [9.17, 15) is 0 Å². The fourth-order valence-corrected chi connectivity index (χ4v) is 3.28. The molecule has 1 aliphatic heterocycles. The zero-order valence-electron chi connectivity index (χ0n) is 12.7. The minimum absolute atomic E-state index is 0.876. The largest absolute Gasteiger partial charge is 0.398 e. The molecular formula is C18H22BrN3. The van der Waals surface area contributed by atoms with Gasteiger partial charge in [0.15, 0.2) is 0 Å². The minimum atomic E-state index is 0.876. The van der Waals surface area contributed by atoms with Crippen LogP contribution in [0.5, 0.6) is 0 Å². The number of hydrogen-bond acceptors (Lipinski definition) is 3. The van der Waals surface area contributed by atoms with Crippen molar-refractivity contribution in [3.8, 4) is 0 Å². The maximum atomic E-state index is 6.10. The Bertz CT molecular complexity index is 607. The third-order valence-corrected chi connectivity index (χ3v) is 4.71. The van der Waals surface area contributed by atoms with Gasteiger partial charge in [0.1, 0.15) is 0 Å². The number of anilines is 1. The van der Waals surface area contributed by atoms with E-state index in [0.29, 0.717) is 0 Å². The Morgan fingerprint density at radius 2 is 1.50 bits per heavy atom. The summed E-state index contributed by atoms with van der Waals surface area (Å²) in [4.78, 5) is 5.01. The molecule has 22 heavy (non-hydrogen) atoms. The fourth-order valence-electron chi connectivity index (χ4n) is 2.90. The first kappa shape index (κ1) is 15.5. The van der Waals surface area contributed by atoms with Crippen LogP contribution < -0.4 is 5.73 Å². The predicted molar refractivity (Wildman–Crippen MR) is 95.6 cm³/mol. The third-order valence-electron chi connectivity index (χ3n) is 4.22. The molecule has 0 bridgehead atoms. The molecule has 2 N–H and O–H groups in total. The van der Waals surface area contributed by atoms with Gasteiger partial charge in [-0.15, -0.1) is 0 Å². The Kier molecular flexibility index (Phi) is 5.13. The predicted octanol–water partition coefficient (Wildman–Crippen LogP) is 3.35. The lowest BCUT2D eigenvalue weighted by atomic mass is 10.1. The number of nitrogens with zero attached hydrogens (tertiary/aromatic N) is 2. The lowest BCUT2D eigenvalue weighted by molar-refractivity contribution is 0.122. The Morgan fingerprint density at radius 1 is 0.864 bits per heavy atom. The summed E-state index contributed by atoms with van der Waals surface area (Å²) in [5, 5.41) is 0. The van der Waals surface area contributed by atoms with Crippen LogP contribution in [0.2, 0.25) is 0 Å². The van der Waals surface area contributed by atoms with E-state index in [4.69, 9.17) is 5.73 Å². The molecule has 3 nitrogen and oxygen atoms in total. The monoisotopic (exact) mass is 359 g/mol. The lowest BCUT2D eigenvalue weighted by Crippen LogP contribution is -2.45. The molecule has 116 valence electrons. The zero-order valence-corrected chi connectivity index (χ0v) is 14.3. The normalized spacial score (nSPS) is 16.8. The SMILES string of the molecule is Nc1cc(Br)ccc1CN1CCN(Cc2ccccc2)CC1. The van der Waals surface area contributed by atoms with E-state index < -0.39 is 0 Å². The van der Waals surface area contributed by atoms with E-state index in [1.165, 1.54) is 11.1 Å². The molecule has 0 aliphatic carbocycles. The Hall–Kier alpha value is -1.36. The summed E-state index contributed by atoms with van der Waals surface area (Å²) in [5.74, 6) is 0. The highest BCUT2D eigenvalue weighted by molar-refractivity contribution is 9.10. The molecule has 0 radical (unpaired) electrons. The molecule has 0 amide bonds. The zero-order chi connectivity index (χ0) is 15.4. The average molecular weight is 360 g/mol. The van der Waals surface area contributed by atoms with Crippen molar-refractivity contribution in [2.75, 3.05) is 31.9 Å². The number of piperazine rings is 1. The van der Waals surface area contributed by atoms with Crippen LogP contribution in [-0.2, 0) is 13.1 Å². The summed E-state index contributed by atoms with van der Waals surface area (Å²) in [7, 11) is 0. The highest BCUT2D eigenvalue weighted by Gasteiger charge is 2.17. The number of hydrogen-bond donors (Lipinski definition) is 1. The molecule has 0 unspecified atom stereocenters. The Balaban J connectivity index is 1.51. The van der Waals surface area contributed by atoms with Crippen molar-refractivity contribution in [1.29, 1.82) is 0 Å². The molecule has 2 aromatic rings. The summed E-state index contributed by atoms with van der Waals surface area (Å²) in [6.07, 6.45) is 0. The van der Waals surface area contributed by atoms with Gasteiger partial charge in [0.05, 0.1) is 0 Å². The third kappa shape index (κ3) is 4.09. The first-order valence-electron chi connectivity index (χ1n) is 7.73. The molecule has 0 atom stereocenters. The van der Waals surface area contributed by atoms with Crippen molar-refractivity contribution in [1.82, 2.24) is 9.80 Å². The van der Waals surface area contributed by atoms with E-state index in [0.717, 1.165) is 49.4 Å². The second-order valence-corrected chi connectivity index (χ2v) is 6.80. The summed E-state index contributed by atoms with van der Waals surface area (Å²) in [6, 6.07) is 16.9. The number of halogens is 1. The lowest BCUT2D eigenvalue weighted by Gasteiger charge is -2.35. The van der Waals surface area contributed by atoms with Crippen LogP contribution in [0, 0.1) is 0 Å². The van der Waals surface area contributed by atoms with E-state index in [2.05, 4.69) is 68.2 Å². The number of nitrogens with two attached hydrogens (primary N) is 1. The molecule has 0 spiro atoms. The van der Waals surface area contributed by atoms with Gasteiger partial charge in [0.25, 0.3) is 0 Å². The highest BCUT2D eigenvalue weighted by Crippen LogP contribution is 2.20. The van der Waals surface area contributed by atoms with E-state index in [1.54, 1.807) is 0 Å². The molecule has 1 heterocycles. The quantitative estimate of drug-likeness (QED) is 0.849. The first-order valence-corrected chi connectivity index (χ1v) is 8.52. The van der Waals surface area contributed by atoms with Gasteiger partial charge >= 0.3 is 0 Å². The second-order valence-electron chi connectivity index (χ2n) is 5.88. The van der Waals surface area contributed by atoms with Gasteiger partial charge in [-0.3, -0.25) is 9.80 Å². The summed E-state index contributed by atoms with van der Waals surface area (Å²) in [6.45, 7) is 6.43. The smallest absolute Gasteiger partial charge is 0.0371 e. The van der Waals surface area contributed by atoms with E-state index in [-0.39, 0.29) is 0 Å². The summed E-state index contributed by atoms with van der Waals surface area (Å²) >= 11 is 3.46. The highest BCUT2D eigenvalue weighted by atomic mass is 79.9. The molecular weight excluding hydrogens is 338 g/mol. The number of rotatable bonds is 4. The molecule has 1 fully saturated rings. The molecule has 3 rings (SSSR count). The van der Waals surface area contributed by atoms with Gasteiger partial charge in [0, 0.05) is 49.4 Å². The van der Waals surface area contributed by atoms with Gasteiger partial charge < -0.3 is 5.73 Å². The maximum Gasteiger partial charge on any atom is 0.0371 e. The van der Waals surface area contributed by atoms with E-state index in [1.807, 2.05) is 6.07 Å². The molecule has 2 aromatic carbocycles. The van der Waals surface area contributed by atoms with E-state index >= 15 is 0 Å². The molecule has 4 heteroatoms. The second kappa shape index (κ2) is 7.27. The molecule has 1 aliphatic rings. The van der Waals surface area contributed by atoms with Gasteiger partial charge in [-0.25, -0.2) is 0 Å². The summed E-state index contributed by atoms with van der Waals surface area (Å²) < 4.78 is 1.04. The first-order chi connectivity index (χ1) is 10.7. The topological polar surface area (TPSA) is 32.5 Å². The van der Waals surface area contributed by atoms with Crippen molar-refractivity contribution < 1.29 is 0 Å². The molecule has 0 aromatic heterocycles. The van der Waals surface area contributed by atoms with Crippen LogP contribution in [0.15, 0.2) is 53.0 Å². The van der Waals surface area contributed by atoms with Crippen LogP contribution in [0.25, 0.3) is 0 Å². The number of benzene rings is 2. The summed E-state index contributed by atoms with van der Waals surface area (Å²) in [5.41, 5.74) is 9.60. The van der Waals surface area contributed by atoms with Crippen LogP contribution in [0.4, 0.5) is 5.69 Å². The Morgan fingerprint density at radius 3 is 2.14 bits per heavy atom. The fraction of sp³-hybridized carbons (Fsp3) is 0.333. The van der Waals surface area contributed by atoms with Gasteiger partial charge in [0.2, 0.25) is 0 Å². The van der Waals surface area contributed by atoms with Gasteiger partial charge in [-0.05, 0) is 23.3 Å². The molecule has 1 saturated heterocycles. The minimum Gasteiger partial charge on any atom is -0.398 e. The van der Waals surface area contributed by atoms with Crippen LogP contribution >= 0.6 is 15.9 Å². The van der Waals surface area contributed by atoms with Crippen molar-refractivity contribution >= 4 is 21.6 Å². The van der Waals surface area contributed by atoms with Crippen molar-refractivity contribution in [3.05, 3.63) is 64.1 Å². The van der Waals surface area contributed by atoms with Gasteiger partial charge in [-0.1, -0.05) is 52.3 Å². The van der Waals surface area contributed by atoms with Crippen LogP contribution in [0.1, 0.15) is 11.1 Å². The number of nitrogen functional groups attached to an aromatic ring is 1. The van der Waals surface area contributed by atoms with Crippen LogP contribution in [-0.4, -0.2) is 36.0 Å². The van der Waals surface area contributed by atoms with Crippen molar-refractivity contribution in [2.24, 2.45) is 0 Å². The van der Waals surface area contributed by atoms with Gasteiger partial charge in [-0.2, -0.15) is 0 Å².